The Morgan fingerprint density at radius 2 is 1.77 bits per heavy atom. The van der Waals surface area contributed by atoms with Crippen LogP contribution in [0.4, 0.5) is 13.6 Å². The number of carbonyl (C=O) groups is 2. The van der Waals surface area contributed by atoms with Gasteiger partial charge in [0.25, 0.3) is 0 Å². The predicted octanol–water partition coefficient (Wildman–Crippen LogP) is 5.86. The molecule has 158 valence electrons. The highest BCUT2D eigenvalue weighted by molar-refractivity contribution is 6.30. The molecule has 1 aliphatic rings. The van der Waals surface area contributed by atoms with Crippen molar-refractivity contribution in [1.29, 1.82) is 0 Å². The SMILES string of the molecule is O=C(C[C@H](c1cccc(F)c1)c1ccc(Cl)c(F)c1)N1C(=O)OC[C@@H]1c1ccccc1. The minimum atomic E-state index is -0.737. The summed E-state index contributed by atoms with van der Waals surface area (Å²) in [4.78, 5) is 26.7. The quantitative estimate of drug-likeness (QED) is 0.498. The van der Waals surface area contributed by atoms with Gasteiger partial charge in [-0.05, 0) is 41.0 Å². The Hall–Kier alpha value is -3.25. The summed E-state index contributed by atoms with van der Waals surface area (Å²) in [6.45, 7) is 0.0504. The van der Waals surface area contributed by atoms with Crippen molar-refractivity contribution in [2.24, 2.45) is 0 Å². The van der Waals surface area contributed by atoms with E-state index in [0.717, 1.165) is 10.5 Å². The van der Waals surface area contributed by atoms with Gasteiger partial charge in [-0.2, -0.15) is 0 Å². The van der Waals surface area contributed by atoms with E-state index in [9.17, 15) is 18.4 Å². The first kappa shape index (κ1) is 21.0. The molecule has 0 radical (unpaired) electrons. The summed E-state index contributed by atoms with van der Waals surface area (Å²) in [6, 6.07) is 18.5. The van der Waals surface area contributed by atoms with Gasteiger partial charge in [0, 0.05) is 12.3 Å². The van der Waals surface area contributed by atoms with E-state index < -0.39 is 35.6 Å². The fourth-order valence-corrected chi connectivity index (χ4v) is 3.89. The lowest BCUT2D eigenvalue weighted by Gasteiger charge is -2.24. The van der Waals surface area contributed by atoms with Crippen molar-refractivity contribution in [3.63, 3.8) is 0 Å². The molecule has 31 heavy (non-hydrogen) atoms. The highest BCUT2D eigenvalue weighted by Gasteiger charge is 2.39. The summed E-state index contributed by atoms with van der Waals surface area (Å²) in [7, 11) is 0. The molecule has 1 aliphatic heterocycles. The van der Waals surface area contributed by atoms with Crippen LogP contribution in [0.5, 0.6) is 0 Å². The Labute approximate surface area is 183 Å². The molecule has 0 N–H and O–H groups in total. The molecule has 0 aromatic heterocycles. The molecule has 2 atom stereocenters. The molecule has 3 aromatic rings. The van der Waals surface area contributed by atoms with Crippen LogP contribution in [-0.2, 0) is 9.53 Å². The highest BCUT2D eigenvalue weighted by atomic mass is 35.5. The van der Waals surface area contributed by atoms with Crippen LogP contribution in [-0.4, -0.2) is 23.5 Å². The summed E-state index contributed by atoms with van der Waals surface area (Å²) in [6.07, 6.45) is -0.915. The van der Waals surface area contributed by atoms with Gasteiger partial charge in [-0.15, -0.1) is 0 Å². The molecule has 1 fully saturated rings. The highest BCUT2D eigenvalue weighted by Crippen LogP contribution is 2.34. The van der Waals surface area contributed by atoms with Crippen LogP contribution >= 0.6 is 11.6 Å². The molecule has 0 saturated carbocycles. The molecule has 2 amide bonds. The molecular formula is C24H18ClF2NO3. The van der Waals surface area contributed by atoms with E-state index in [0.29, 0.717) is 11.1 Å². The maximum Gasteiger partial charge on any atom is 0.417 e. The second-order valence-electron chi connectivity index (χ2n) is 7.25. The Morgan fingerprint density at radius 1 is 1.03 bits per heavy atom. The first-order chi connectivity index (χ1) is 14.9. The molecule has 1 saturated heterocycles. The Kier molecular flexibility index (Phi) is 6.00. The van der Waals surface area contributed by atoms with Crippen molar-refractivity contribution in [1.82, 2.24) is 4.90 Å². The zero-order valence-corrected chi connectivity index (χ0v) is 17.1. The number of hydrogen-bond donors (Lipinski definition) is 0. The van der Waals surface area contributed by atoms with Gasteiger partial charge in [0.1, 0.15) is 24.3 Å². The van der Waals surface area contributed by atoms with E-state index in [2.05, 4.69) is 0 Å². The van der Waals surface area contributed by atoms with Crippen molar-refractivity contribution in [3.8, 4) is 0 Å². The molecular weight excluding hydrogens is 424 g/mol. The number of benzene rings is 3. The van der Waals surface area contributed by atoms with E-state index >= 15 is 0 Å². The first-order valence-corrected chi connectivity index (χ1v) is 10.1. The number of rotatable bonds is 5. The summed E-state index contributed by atoms with van der Waals surface area (Å²) in [5.74, 6) is -2.30. The van der Waals surface area contributed by atoms with Crippen LogP contribution in [0.2, 0.25) is 5.02 Å². The largest absolute Gasteiger partial charge is 0.446 e. The third kappa shape index (κ3) is 4.44. The smallest absolute Gasteiger partial charge is 0.417 e. The van der Waals surface area contributed by atoms with Gasteiger partial charge < -0.3 is 4.74 Å². The predicted molar refractivity (Wildman–Crippen MR) is 112 cm³/mol. The number of halogens is 3. The standard InChI is InChI=1S/C24H18ClF2NO3/c25-20-10-9-17(12-21(20)27)19(16-7-4-8-18(26)11-16)13-23(29)28-22(14-31-24(28)30)15-5-2-1-3-6-15/h1-12,19,22H,13-14H2/t19-,22-/m1/s1. The van der Waals surface area contributed by atoms with E-state index in [-0.39, 0.29) is 18.1 Å². The maximum atomic E-state index is 14.1. The third-order valence-electron chi connectivity index (χ3n) is 5.30. The number of ether oxygens (including phenoxy) is 1. The summed E-state index contributed by atoms with van der Waals surface area (Å²) in [5, 5.41) is -0.0552. The number of cyclic esters (lactones) is 1. The van der Waals surface area contributed by atoms with Crippen molar-refractivity contribution >= 4 is 23.6 Å². The Bertz CT molecular complexity index is 1120. The number of amides is 2. The second kappa shape index (κ2) is 8.86. The lowest BCUT2D eigenvalue weighted by Crippen LogP contribution is -2.35. The monoisotopic (exact) mass is 441 g/mol. The van der Waals surface area contributed by atoms with Crippen molar-refractivity contribution in [2.45, 2.75) is 18.4 Å². The zero-order valence-electron chi connectivity index (χ0n) is 16.3. The minimum Gasteiger partial charge on any atom is -0.446 e. The van der Waals surface area contributed by atoms with Gasteiger partial charge in [-0.3, -0.25) is 4.79 Å². The first-order valence-electron chi connectivity index (χ1n) is 9.68. The molecule has 0 unspecified atom stereocenters. The van der Waals surface area contributed by atoms with Gasteiger partial charge in [0.15, 0.2) is 0 Å². The lowest BCUT2D eigenvalue weighted by molar-refractivity contribution is -0.129. The summed E-state index contributed by atoms with van der Waals surface area (Å²) < 4.78 is 33.2. The van der Waals surface area contributed by atoms with Gasteiger partial charge in [-0.1, -0.05) is 60.1 Å². The molecule has 3 aromatic carbocycles. The van der Waals surface area contributed by atoms with Crippen LogP contribution in [0.3, 0.4) is 0 Å². The van der Waals surface area contributed by atoms with Gasteiger partial charge >= 0.3 is 6.09 Å². The van der Waals surface area contributed by atoms with Gasteiger partial charge in [0.05, 0.1) is 5.02 Å². The van der Waals surface area contributed by atoms with E-state index in [1.54, 1.807) is 12.1 Å². The summed E-state index contributed by atoms with van der Waals surface area (Å²) in [5.41, 5.74) is 1.70. The maximum absolute atomic E-state index is 14.1. The van der Waals surface area contributed by atoms with Crippen LogP contribution in [0.15, 0.2) is 72.8 Å². The van der Waals surface area contributed by atoms with Crippen molar-refractivity contribution in [3.05, 3.63) is 106 Å². The van der Waals surface area contributed by atoms with E-state index in [4.69, 9.17) is 16.3 Å². The number of nitrogens with zero attached hydrogens (tertiary/aromatic N) is 1. The van der Waals surface area contributed by atoms with Crippen LogP contribution in [0.25, 0.3) is 0 Å². The van der Waals surface area contributed by atoms with Crippen LogP contribution in [0, 0.1) is 11.6 Å². The molecule has 0 bridgehead atoms. The van der Waals surface area contributed by atoms with E-state index in [1.807, 2.05) is 30.3 Å². The van der Waals surface area contributed by atoms with Crippen LogP contribution < -0.4 is 0 Å². The van der Waals surface area contributed by atoms with Crippen LogP contribution in [0.1, 0.15) is 35.1 Å². The lowest BCUT2D eigenvalue weighted by atomic mass is 9.87. The fourth-order valence-electron chi connectivity index (χ4n) is 3.77. The average Bonchev–Trinajstić information content (AvgIpc) is 3.16. The van der Waals surface area contributed by atoms with Gasteiger partial charge in [0.2, 0.25) is 5.91 Å². The van der Waals surface area contributed by atoms with Crippen molar-refractivity contribution < 1.29 is 23.1 Å². The second-order valence-corrected chi connectivity index (χ2v) is 7.66. The number of carbonyl (C=O) groups excluding carboxylic acids is 2. The Balaban J connectivity index is 1.68. The van der Waals surface area contributed by atoms with Gasteiger partial charge in [-0.25, -0.2) is 18.5 Å². The molecule has 1 heterocycles. The number of hydrogen-bond acceptors (Lipinski definition) is 3. The average molecular weight is 442 g/mol. The normalized spacial score (nSPS) is 16.8. The molecule has 4 rings (SSSR count). The third-order valence-corrected chi connectivity index (χ3v) is 5.61. The van der Waals surface area contributed by atoms with E-state index in [1.165, 1.54) is 30.3 Å². The number of imide groups is 1. The topological polar surface area (TPSA) is 46.6 Å². The minimum absolute atomic E-state index is 0.0504. The Morgan fingerprint density at radius 3 is 2.48 bits per heavy atom. The molecule has 4 nitrogen and oxygen atoms in total. The molecule has 0 aliphatic carbocycles. The molecule has 7 heteroatoms. The molecule has 0 spiro atoms. The van der Waals surface area contributed by atoms with Crippen molar-refractivity contribution in [2.75, 3.05) is 6.61 Å². The zero-order chi connectivity index (χ0) is 22.0. The fraction of sp³-hybridized carbons (Fsp3) is 0.167. The summed E-state index contributed by atoms with van der Waals surface area (Å²) >= 11 is 5.80.